The van der Waals surface area contributed by atoms with E-state index in [9.17, 15) is 8.78 Å². The summed E-state index contributed by atoms with van der Waals surface area (Å²) < 4.78 is 38.6. The lowest BCUT2D eigenvalue weighted by atomic mass is 9.94. The molecule has 6 heteroatoms. The Morgan fingerprint density at radius 1 is 0.913 bits per heavy atom. The quantitative estimate of drug-likeness (QED) is 0.939. The summed E-state index contributed by atoms with van der Waals surface area (Å²) in [6.45, 7) is 0. The highest BCUT2D eigenvalue weighted by Crippen LogP contribution is 2.38. The van der Waals surface area contributed by atoms with Gasteiger partial charge in [-0.2, -0.15) is 0 Å². The maximum absolute atomic E-state index is 14.3. The molecule has 0 radical (unpaired) electrons. The second kappa shape index (κ2) is 6.24. The van der Waals surface area contributed by atoms with Crippen LogP contribution in [0.4, 0.5) is 8.78 Å². The third-order valence-electron chi connectivity index (χ3n) is 3.87. The summed E-state index contributed by atoms with van der Waals surface area (Å²) in [4.78, 5) is 4.25. The molecule has 2 aromatic rings. The molecule has 0 unspecified atom stereocenters. The topological polar surface area (TPSA) is 42.8 Å². The smallest absolute Gasteiger partial charge is 0.132 e. The lowest BCUT2D eigenvalue weighted by Crippen LogP contribution is -2.20. The largest absolute Gasteiger partial charge is 0.497 e. The molecule has 0 amide bonds. The number of hydrogen-bond donors (Lipinski definition) is 1. The molecule has 1 aliphatic rings. The first-order chi connectivity index (χ1) is 11.1. The number of methoxy groups -OCH3 is 2. The Kier molecular flexibility index (Phi) is 4.14. The van der Waals surface area contributed by atoms with Crippen LogP contribution in [-0.4, -0.2) is 20.6 Å². The van der Waals surface area contributed by atoms with Crippen molar-refractivity contribution in [1.82, 2.24) is 5.32 Å². The van der Waals surface area contributed by atoms with E-state index in [2.05, 4.69) is 10.3 Å². The number of nitrogens with one attached hydrogen (secondary N) is 1. The third-order valence-corrected chi connectivity index (χ3v) is 3.87. The summed E-state index contributed by atoms with van der Waals surface area (Å²) in [5, 5.41) is 2.99. The molecule has 2 aromatic carbocycles. The van der Waals surface area contributed by atoms with E-state index in [0.717, 1.165) is 0 Å². The Bertz CT molecular complexity index is 749. The van der Waals surface area contributed by atoms with Gasteiger partial charge in [0.15, 0.2) is 0 Å². The van der Waals surface area contributed by atoms with Crippen molar-refractivity contribution < 1.29 is 18.3 Å². The summed E-state index contributed by atoms with van der Waals surface area (Å²) in [6.07, 6.45) is 1.47. The number of benzene rings is 2. The Morgan fingerprint density at radius 3 is 2.00 bits per heavy atom. The molecule has 1 N–H and O–H groups in total. The summed E-state index contributed by atoms with van der Waals surface area (Å²) >= 11 is 0. The molecule has 2 atom stereocenters. The van der Waals surface area contributed by atoms with E-state index in [1.54, 1.807) is 24.3 Å². The minimum Gasteiger partial charge on any atom is -0.497 e. The van der Waals surface area contributed by atoms with Gasteiger partial charge in [0.05, 0.1) is 26.6 Å². The van der Waals surface area contributed by atoms with E-state index in [4.69, 9.17) is 9.47 Å². The van der Waals surface area contributed by atoms with Crippen molar-refractivity contribution in [3.8, 4) is 11.5 Å². The normalized spacial score (nSPS) is 19.5. The fourth-order valence-corrected chi connectivity index (χ4v) is 2.66. The monoisotopic (exact) mass is 318 g/mol. The lowest BCUT2D eigenvalue weighted by molar-refractivity contribution is 0.407. The number of nitrogens with zero attached hydrogens (tertiary/aromatic N) is 1. The van der Waals surface area contributed by atoms with Crippen molar-refractivity contribution in [2.24, 2.45) is 4.99 Å². The van der Waals surface area contributed by atoms with Gasteiger partial charge in [0.2, 0.25) is 0 Å². The SMILES string of the molecule is COc1ccc([C@H]2NC=N[C@H]2c2ccc(OC)cc2F)c(F)c1. The highest BCUT2D eigenvalue weighted by molar-refractivity contribution is 5.60. The molecule has 0 aliphatic carbocycles. The first-order valence-electron chi connectivity index (χ1n) is 7.08. The van der Waals surface area contributed by atoms with E-state index < -0.39 is 23.7 Å². The van der Waals surface area contributed by atoms with Gasteiger partial charge in [0.25, 0.3) is 0 Å². The molecule has 1 aliphatic heterocycles. The summed E-state index contributed by atoms with van der Waals surface area (Å²) in [6, 6.07) is 8.12. The van der Waals surface area contributed by atoms with Gasteiger partial charge in [0.1, 0.15) is 29.2 Å². The van der Waals surface area contributed by atoms with Crippen LogP contribution in [0, 0.1) is 11.6 Å². The molecule has 3 rings (SSSR count). The molecular formula is C17H16F2N2O2. The van der Waals surface area contributed by atoms with E-state index in [1.165, 1.54) is 32.7 Å². The maximum Gasteiger partial charge on any atom is 0.132 e. The van der Waals surface area contributed by atoms with Crippen LogP contribution in [0.5, 0.6) is 11.5 Å². The van der Waals surface area contributed by atoms with Crippen molar-refractivity contribution in [1.29, 1.82) is 0 Å². The highest BCUT2D eigenvalue weighted by Gasteiger charge is 2.31. The second-order valence-corrected chi connectivity index (χ2v) is 5.14. The maximum atomic E-state index is 14.3. The average molecular weight is 318 g/mol. The van der Waals surface area contributed by atoms with Crippen LogP contribution in [0.3, 0.4) is 0 Å². The number of ether oxygens (including phenoxy) is 2. The lowest BCUT2D eigenvalue weighted by Gasteiger charge is -2.21. The van der Waals surface area contributed by atoms with E-state index in [0.29, 0.717) is 22.6 Å². The van der Waals surface area contributed by atoms with Crippen molar-refractivity contribution in [2.75, 3.05) is 14.2 Å². The zero-order chi connectivity index (χ0) is 16.4. The predicted molar refractivity (Wildman–Crippen MR) is 83.0 cm³/mol. The van der Waals surface area contributed by atoms with E-state index in [1.807, 2.05) is 0 Å². The van der Waals surface area contributed by atoms with Crippen molar-refractivity contribution in [3.05, 3.63) is 59.2 Å². The number of aliphatic imine (C=N–C) groups is 1. The van der Waals surface area contributed by atoms with Crippen molar-refractivity contribution >= 4 is 6.34 Å². The van der Waals surface area contributed by atoms with Gasteiger partial charge < -0.3 is 14.8 Å². The summed E-state index contributed by atoms with van der Waals surface area (Å²) in [7, 11) is 2.94. The molecule has 0 spiro atoms. The first-order valence-corrected chi connectivity index (χ1v) is 7.08. The van der Waals surface area contributed by atoms with Gasteiger partial charge in [-0.25, -0.2) is 8.78 Å². The van der Waals surface area contributed by atoms with Gasteiger partial charge in [-0.05, 0) is 12.1 Å². The number of rotatable bonds is 4. The average Bonchev–Trinajstić information content (AvgIpc) is 3.03. The Morgan fingerprint density at radius 2 is 1.48 bits per heavy atom. The Hall–Kier alpha value is -2.63. The van der Waals surface area contributed by atoms with Crippen LogP contribution in [-0.2, 0) is 0 Å². The number of halogens is 2. The van der Waals surface area contributed by atoms with Gasteiger partial charge in [-0.15, -0.1) is 0 Å². The fraction of sp³-hybridized carbons (Fsp3) is 0.235. The number of hydrogen-bond acceptors (Lipinski definition) is 4. The van der Waals surface area contributed by atoms with Crippen LogP contribution >= 0.6 is 0 Å². The molecule has 120 valence electrons. The van der Waals surface area contributed by atoms with Crippen molar-refractivity contribution in [3.63, 3.8) is 0 Å². The molecule has 0 aromatic heterocycles. The molecule has 1 heterocycles. The second-order valence-electron chi connectivity index (χ2n) is 5.14. The van der Waals surface area contributed by atoms with Gasteiger partial charge in [-0.3, -0.25) is 4.99 Å². The molecule has 4 nitrogen and oxygen atoms in total. The molecular weight excluding hydrogens is 302 g/mol. The third kappa shape index (κ3) is 2.84. The van der Waals surface area contributed by atoms with E-state index in [-0.39, 0.29) is 0 Å². The van der Waals surface area contributed by atoms with Gasteiger partial charge >= 0.3 is 0 Å². The molecule has 0 saturated heterocycles. The van der Waals surface area contributed by atoms with Crippen LogP contribution in [0.1, 0.15) is 23.2 Å². The minimum absolute atomic E-state index is 0.382. The van der Waals surface area contributed by atoms with Gasteiger partial charge in [-0.1, -0.05) is 12.1 Å². The summed E-state index contributed by atoms with van der Waals surface area (Å²) in [5.74, 6) is -0.00824. The van der Waals surface area contributed by atoms with Crippen LogP contribution in [0.2, 0.25) is 0 Å². The molecule has 23 heavy (non-hydrogen) atoms. The zero-order valence-corrected chi connectivity index (χ0v) is 12.7. The van der Waals surface area contributed by atoms with Crippen molar-refractivity contribution in [2.45, 2.75) is 12.1 Å². The fourth-order valence-electron chi connectivity index (χ4n) is 2.66. The predicted octanol–water partition coefficient (Wildman–Crippen LogP) is 3.40. The zero-order valence-electron chi connectivity index (χ0n) is 12.7. The van der Waals surface area contributed by atoms with Crippen LogP contribution in [0.15, 0.2) is 41.4 Å². The summed E-state index contributed by atoms with van der Waals surface area (Å²) in [5.41, 5.74) is 0.788. The first kappa shape index (κ1) is 15.3. The van der Waals surface area contributed by atoms with E-state index >= 15 is 0 Å². The molecule has 0 saturated carbocycles. The Balaban J connectivity index is 1.95. The minimum atomic E-state index is -0.552. The molecule has 0 fully saturated rings. The Labute approximate surface area is 132 Å². The highest BCUT2D eigenvalue weighted by atomic mass is 19.1. The molecule has 0 bridgehead atoms. The standard InChI is InChI=1S/C17H16F2N2O2/c1-22-10-3-5-12(14(18)7-10)16-17(21-9-20-16)13-6-4-11(23-2)8-15(13)19/h3-9,16-17H,1-2H3,(H,20,21)/t16-,17+. The van der Waals surface area contributed by atoms with Crippen LogP contribution in [0.25, 0.3) is 0 Å². The van der Waals surface area contributed by atoms with Gasteiger partial charge in [0, 0.05) is 23.3 Å². The van der Waals surface area contributed by atoms with Crippen LogP contribution < -0.4 is 14.8 Å².